The number of hydroxylamine groups is 1. The molecule has 1 heterocycles. The first-order valence-electron chi connectivity index (χ1n) is 5.41. The van der Waals surface area contributed by atoms with E-state index in [0.29, 0.717) is 5.69 Å². The number of hydrogen-bond donors (Lipinski definition) is 0. The molecule has 0 atom stereocenters. The van der Waals surface area contributed by atoms with Gasteiger partial charge in [-0.05, 0) is 45.0 Å². The lowest BCUT2D eigenvalue weighted by Gasteiger charge is -2.28. The Morgan fingerprint density at radius 3 is 2.29 bits per heavy atom. The molecule has 0 unspecified atom stereocenters. The Labute approximate surface area is 100 Å². The van der Waals surface area contributed by atoms with Crippen molar-refractivity contribution >= 4 is 5.69 Å². The highest BCUT2D eigenvalue weighted by Crippen LogP contribution is 2.22. The second-order valence-corrected chi connectivity index (χ2v) is 4.82. The van der Waals surface area contributed by atoms with Crippen molar-refractivity contribution in [2.45, 2.75) is 26.3 Å². The average molecular weight is 231 g/mol. The van der Waals surface area contributed by atoms with Gasteiger partial charge in [-0.25, -0.2) is 14.7 Å². The van der Waals surface area contributed by atoms with E-state index in [9.17, 15) is 5.21 Å². The van der Waals surface area contributed by atoms with Crippen molar-refractivity contribution in [1.82, 2.24) is 14.8 Å². The fraction of sp³-hybridized carbons (Fsp3) is 0.333. The van der Waals surface area contributed by atoms with Gasteiger partial charge in [0.1, 0.15) is 12.7 Å². The zero-order valence-electron chi connectivity index (χ0n) is 10.2. The summed E-state index contributed by atoms with van der Waals surface area (Å²) in [5.41, 5.74) is 1.09. The van der Waals surface area contributed by atoms with Crippen molar-refractivity contribution in [3.8, 4) is 5.69 Å². The molecular formula is C12H15N4O. The fourth-order valence-corrected chi connectivity index (χ4v) is 1.47. The van der Waals surface area contributed by atoms with E-state index in [1.807, 2.05) is 32.9 Å². The summed E-state index contributed by atoms with van der Waals surface area (Å²) in [6.07, 6.45) is 3.09. The van der Waals surface area contributed by atoms with Gasteiger partial charge in [-0.2, -0.15) is 5.10 Å². The molecule has 5 nitrogen and oxygen atoms in total. The Hall–Kier alpha value is -1.88. The van der Waals surface area contributed by atoms with Crippen molar-refractivity contribution in [2.75, 3.05) is 5.06 Å². The molecule has 89 valence electrons. The van der Waals surface area contributed by atoms with Crippen LogP contribution in [0.1, 0.15) is 20.8 Å². The summed E-state index contributed by atoms with van der Waals surface area (Å²) in [4.78, 5) is 3.88. The minimum Gasteiger partial charge on any atom is -0.223 e. The Morgan fingerprint density at radius 2 is 1.82 bits per heavy atom. The molecule has 1 radical (unpaired) electrons. The van der Waals surface area contributed by atoms with Crippen LogP contribution in [0.3, 0.4) is 0 Å². The van der Waals surface area contributed by atoms with E-state index < -0.39 is 5.54 Å². The maximum absolute atomic E-state index is 11.9. The molecule has 0 N–H and O–H groups in total. The van der Waals surface area contributed by atoms with E-state index in [0.717, 1.165) is 10.8 Å². The molecule has 2 rings (SSSR count). The summed E-state index contributed by atoms with van der Waals surface area (Å²) in [6.45, 7) is 5.64. The largest absolute Gasteiger partial charge is 0.223 e. The molecular weight excluding hydrogens is 216 g/mol. The molecule has 17 heavy (non-hydrogen) atoms. The van der Waals surface area contributed by atoms with E-state index in [2.05, 4.69) is 10.1 Å². The van der Waals surface area contributed by atoms with Crippen molar-refractivity contribution in [2.24, 2.45) is 0 Å². The Morgan fingerprint density at radius 1 is 1.18 bits per heavy atom. The summed E-state index contributed by atoms with van der Waals surface area (Å²) in [6, 6.07) is 7.27. The van der Waals surface area contributed by atoms with Gasteiger partial charge in [0.05, 0.1) is 16.9 Å². The van der Waals surface area contributed by atoms with Crippen LogP contribution in [0.5, 0.6) is 0 Å². The summed E-state index contributed by atoms with van der Waals surface area (Å²) < 4.78 is 1.65. The molecule has 1 aromatic carbocycles. The smallest absolute Gasteiger partial charge is 0.138 e. The number of rotatable bonds is 2. The first kappa shape index (κ1) is 11.6. The second kappa shape index (κ2) is 4.18. The van der Waals surface area contributed by atoms with E-state index in [4.69, 9.17) is 0 Å². The third-order valence-electron chi connectivity index (χ3n) is 2.38. The topological polar surface area (TPSA) is 53.9 Å². The molecule has 0 fully saturated rings. The summed E-state index contributed by atoms with van der Waals surface area (Å²) in [5.74, 6) is 0. The van der Waals surface area contributed by atoms with Crippen LogP contribution in [0.4, 0.5) is 5.69 Å². The quantitative estimate of drug-likeness (QED) is 0.745. The average Bonchev–Trinajstić information content (AvgIpc) is 2.80. The highest BCUT2D eigenvalue weighted by molar-refractivity contribution is 5.49. The van der Waals surface area contributed by atoms with Crippen LogP contribution < -0.4 is 5.06 Å². The van der Waals surface area contributed by atoms with Crippen molar-refractivity contribution in [3.05, 3.63) is 36.9 Å². The van der Waals surface area contributed by atoms with Crippen molar-refractivity contribution < 1.29 is 5.21 Å². The monoisotopic (exact) mass is 231 g/mol. The van der Waals surface area contributed by atoms with Crippen LogP contribution in [0.15, 0.2) is 36.9 Å². The molecule has 1 aromatic heterocycles. The molecule has 0 saturated heterocycles. The molecule has 5 heteroatoms. The number of hydrogen-bond acceptors (Lipinski definition) is 3. The Bertz CT molecular complexity index is 470. The zero-order valence-corrected chi connectivity index (χ0v) is 10.2. The summed E-state index contributed by atoms with van der Waals surface area (Å²) >= 11 is 0. The predicted octanol–water partition coefficient (Wildman–Crippen LogP) is 2.22. The number of aromatic nitrogens is 3. The van der Waals surface area contributed by atoms with Gasteiger partial charge in [-0.1, -0.05) is 5.21 Å². The third-order valence-corrected chi connectivity index (χ3v) is 2.38. The zero-order chi connectivity index (χ0) is 12.5. The summed E-state index contributed by atoms with van der Waals surface area (Å²) in [7, 11) is 0. The number of nitrogens with zero attached hydrogens (tertiary/aromatic N) is 4. The molecule has 0 saturated carbocycles. The van der Waals surface area contributed by atoms with Gasteiger partial charge in [-0.3, -0.25) is 0 Å². The summed E-state index contributed by atoms with van der Waals surface area (Å²) in [5, 5.41) is 17.0. The van der Waals surface area contributed by atoms with Gasteiger partial charge in [0.25, 0.3) is 0 Å². The SMILES string of the molecule is CC(C)(C)N([O])c1ccc(-n2cncn2)cc1. The van der Waals surface area contributed by atoms with Crippen LogP contribution >= 0.6 is 0 Å². The minimum atomic E-state index is -0.436. The second-order valence-electron chi connectivity index (χ2n) is 4.82. The van der Waals surface area contributed by atoms with Crippen LogP contribution in [-0.4, -0.2) is 20.3 Å². The highest BCUT2D eigenvalue weighted by Gasteiger charge is 2.21. The first-order chi connectivity index (χ1) is 7.98. The Balaban J connectivity index is 2.25. The van der Waals surface area contributed by atoms with Crippen molar-refractivity contribution in [3.63, 3.8) is 0 Å². The molecule has 0 spiro atoms. The minimum absolute atomic E-state index is 0.436. The van der Waals surface area contributed by atoms with E-state index in [-0.39, 0.29) is 0 Å². The van der Waals surface area contributed by atoms with Gasteiger partial charge < -0.3 is 0 Å². The lowest BCUT2D eigenvalue weighted by Crippen LogP contribution is -2.37. The molecule has 0 aliphatic heterocycles. The van der Waals surface area contributed by atoms with Gasteiger partial charge in [0.15, 0.2) is 0 Å². The van der Waals surface area contributed by atoms with Gasteiger partial charge in [0.2, 0.25) is 0 Å². The van der Waals surface area contributed by atoms with Gasteiger partial charge >= 0.3 is 0 Å². The standard InChI is InChI=1S/C12H15N4O/c1-12(2,3)16(17)11-6-4-10(5-7-11)15-9-13-8-14-15/h4-9H,1-3H3. The first-order valence-corrected chi connectivity index (χ1v) is 5.41. The predicted molar refractivity (Wildman–Crippen MR) is 64.3 cm³/mol. The lowest BCUT2D eigenvalue weighted by molar-refractivity contribution is 0.102. The Kier molecular flexibility index (Phi) is 2.85. The highest BCUT2D eigenvalue weighted by atomic mass is 16.5. The van der Waals surface area contributed by atoms with Crippen LogP contribution in [-0.2, 0) is 5.21 Å². The maximum Gasteiger partial charge on any atom is 0.138 e. The molecule has 0 amide bonds. The normalized spacial score (nSPS) is 11.5. The lowest BCUT2D eigenvalue weighted by atomic mass is 10.1. The van der Waals surface area contributed by atoms with E-state index in [1.54, 1.807) is 23.1 Å². The van der Waals surface area contributed by atoms with Gasteiger partial charge in [-0.15, -0.1) is 0 Å². The maximum atomic E-state index is 11.9. The van der Waals surface area contributed by atoms with Crippen molar-refractivity contribution in [1.29, 1.82) is 0 Å². The van der Waals surface area contributed by atoms with E-state index >= 15 is 0 Å². The molecule has 0 aliphatic rings. The van der Waals surface area contributed by atoms with Crippen LogP contribution in [0.25, 0.3) is 5.69 Å². The van der Waals surface area contributed by atoms with Gasteiger partial charge in [0, 0.05) is 0 Å². The van der Waals surface area contributed by atoms with Crippen LogP contribution in [0, 0.1) is 0 Å². The van der Waals surface area contributed by atoms with E-state index in [1.165, 1.54) is 6.33 Å². The third kappa shape index (κ3) is 2.45. The number of benzene rings is 1. The fourth-order valence-electron chi connectivity index (χ4n) is 1.47. The number of anilines is 1. The molecule has 0 aliphatic carbocycles. The molecule has 0 bridgehead atoms. The molecule has 2 aromatic rings. The van der Waals surface area contributed by atoms with Crippen LogP contribution in [0.2, 0.25) is 0 Å².